The van der Waals surface area contributed by atoms with Crippen LogP contribution in [-0.4, -0.2) is 109 Å². The first-order chi connectivity index (χ1) is 24.8. The van der Waals surface area contributed by atoms with E-state index in [1.54, 1.807) is 27.7 Å². The zero-order chi connectivity index (χ0) is 37.8. The molecule has 1 aromatic rings. The van der Waals surface area contributed by atoms with E-state index in [-0.39, 0.29) is 68.9 Å². The van der Waals surface area contributed by atoms with E-state index in [0.717, 1.165) is 56.9 Å². The van der Waals surface area contributed by atoms with Gasteiger partial charge in [-0.1, -0.05) is 43.5 Å². The van der Waals surface area contributed by atoms with E-state index in [1.165, 1.54) is 22.4 Å². The first kappa shape index (κ1) is 40.6. The SMILES string of the molecule is C[C@@H](C(=O)N[C@H](C(=O)N1C[C@@H](NC(=O)CCOCCOC=O)C[C@H]1C(=O)N[C@@H]1CCCc2ccccc21)C1CCCCC1)N(C)C(=O)OC(C)(C)C. The minimum atomic E-state index is -0.933. The standard InChI is InChI=1S/C38H57N5O9/c1-25(42(5)37(49)52-38(2,3)4)34(46)41-33(27-13-7-6-8-14-27)36(48)43-23-28(39-32(45)18-19-50-20-21-51-24-44)22-31(43)35(47)40-30-17-11-15-26-12-9-10-16-29(26)30/h9-10,12,16,24-25,27-28,30-31,33H,6-8,11,13-15,17-23H2,1-5H3,(H,39,45)(H,40,47)(H,41,46)/t25-,28-,30+,31-,33-/m0/s1. The molecule has 0 radical (unpaired) electrons. The third-order valence-electron chi connectivity index (χ3n) is 10.2. The zero-order valence-corrected chi connectivity index (χ0v) is 31.3. The van der Waals surface area contributed by atoms with E-state index in [1.807, 2.05) is 18.2 Å². The maximum absolute atomic E-state index is 14.7. The summed E-state index contributed by atoms with van der Waals surface area (Å²) >= 11 is 0. The number of fused-ring (bicyclic) bond motifs is 1. The molecular weight excluding hydrogens is 670 g/mol. The fourth-order valence-corrected chi connectivity index (χ4v) is 7.30. The third-order valence-corrected chi connectivity index (χ3v) is 10.2. The maximum atomic E-state index is 14.7. The predicted octanol–water partition coefficient (Wildman–Crippen LogP) is 3.17. The molecule has 3 aliphatic rings. The number of carbonyl (C=O) groups excluding carboxylic acids is 6. The Labute approximate surface area is 307 Å². The summed E-state index contributed by atoms with van der Waals surface area (Å²) in [7, 11) is 1.48. The fraction of sp³-hybridized carbons (Fsp3) is 0.684. The molecule has 2 fully saturated rings. The lowest BCUT2D eigenvalue weighted by molar-refractivity contribution is -0.143. The summed E-state index contributed by atoms with van der Waals surface area (Å²) in [6.45, 7) is 7.59. The topological polar surface area (TPSA) is 173 Å². The summed E-state index contributed by atoms with van der Waals surface area (Å²) in [5.41, 5.74) is 1.50. The van der Waals surface area contributed by atoms with Crippen molar-refractivity contribution in [1.82, 2.24) is 25.8 Å². The van der Waals surface area contributed by atoms with Crippen LogP contribution in [0.2, 0.25) is 0 Å². The number of carbonyl (C=O) groups is 6. The van der Waals surface area contributed by atoms with E-state index in [2.05, 4.69) is 26.8 Å². The van der Waals surface area contributed by atoms with Crippen molar-refractivity contribution >= 4 is 36.2 Å². The second-order valence-corrected chi connectivity index (χ2v) is 15.1. The van der Waals surface area contributed by atoms with Crippen molar-refractivity contribution in [2.75, 3.05) is 33.4 Å². The monoisotopic (exact) mass is 727 g/mol. The minimum absolute atomic E-state index is 0.0467. The Balaban J connectivity index is 1.53. The van der Waals surface area contributed by atoms with Crippen molar-refractivity contribution in [3.8, 4) is 0 Å². The molecule has 0 spiro atoms. The van der Waals surface area contributed by atoms with Crippen LogP contribution in [0.5, 0.6) is 0 Å². The van der Waals surface area contributed by atoms with Crippen molar-refractivity contribution in [2.45, 2.75) is 128 Å². The van der Waals surface area contributed by atoms with Crippen LogP contribution in [0.3, 0.4) is 0 Å². The van der Waals surface area contributed by atoms with Crippen molar-refractivity contribution in [3.05, 3.63) is 35.4 Å². The fourth-order valence-electron chi connectivity index (χ4n) is 7.30. The number of likely N-dealkylation sites (tertiary alicyclic amines) is 1. The molecule has 0 aromatic heterocycles. The predicted molar refractivity (Wildman–Crippen MR) is 192 cm³/mol. The number of ether oxygens (including phenoxy) is 3. The van der Waals surface area contributed by atoms with Crippen LogP contribution in [0.1, 0.15) is 103 Å². The van der Waals surface area contributed by atoms with Crippen molar-refractivity contribution in [3.63, 3.8) is 0 Å². The summed E-state index contributed by atoms with van der Waals surface area (Å²) in [6, 6.07) is 4.59. The molecule has 0 bridgehead atoms. The number of hydrogen-bond donors (Lipinski definition) is 3. The average Bonchev–Trinajstić information content (AvgIpc) is 3.54. The summed E-state index contributed by atoms with van der Waals surface area (Å²) < 4.78 is 15.4. The second-order valence-electron chi connectivity index (χ2n) is 15.1. The van der Waals surface area contributed by atoms with Crippen LogP contribution in [0.4, 0.5) is 4.79 Å². The first-order valence-electron chi connectivity index (χ1n) is 18.7. The molecule has 14 nitrogen and oxygen atoms in total. The molecule has 3 N–H and O–H groups in total. The molecular formula is C38H57N5O9. The number of likely N-dealkylation sites (N-methyl/N-ethyl adjacent to an activating group) is 1. The Kier molecular flexibility index (Phi) is 14.9. The van der Waals surface area contributed by atoms with Gasteiger partial charge in [-0.3, -0.25) is 28.9 Å². The van der Waals surface area contributed by atoms with Gasteiger partial charge in [0.05, 0.1) is 19.3 Å². The number of rotatable bonds is 15. The Bertz CT molecular complexity index is 1410. The van der Waals surface area contributed by atoms with Gasteiger partial charge in [0.25, 0.3) is 6.47 Å². The molecule has 1 saturated carbocycles. The highest BCUT2D eigenvalue weighted by Crippen LogP contribution is 2.32. The molecule has 5 amide bonds. The van der Waals surface area contributed by atoms with E-state index in [9.17, 15) is 28.8 Å². The minimum Gasteiger partial charge on any atom is -0.465 e. The van der Waals surface area contributed by atoms with Crippen LogP contribution in [0, 0.1) is 5.92 Å². The molecule has 1 heterocycles. The van der Waals surface area contributed by atoms with Crippen LogP contribution in [-0.2, 0) is 44.6 Å². The lowest BCUT2D eigenvalue weighted by Crippen LogP contribution is -2.59. The van der Waals surface area contributed by atoms with Gasteiger partial charge in [0.15, 0.2) is 0 Å². The summed E-state index contributed by atoms with van der Waals surface area (Å²) in [5.74, 6) is -1.65. The van der Waals surface area contributed by atoms with Gasteiger partial charge in [0.1, 0.15) is 30.3 Å². The number of nitrogens with zero attached hydrogens (tertiary/aromatic N) is 2. The van der Waals surface area contributed by atoms with Gasteiger partial charge in [-0.25, -0.2) is 4.79 Å². The number of amides is 5. The van der Waals surface area contributed by atoms with Gasteiger partial charge in [-0.15, -0.1) is 0 Å². The van der Waals surface area contributed by atoms with Crippen LogP contribution in [0.25, 0.3) is 0 Å². The third kappa shape index (κ3) is 11.4. The smallest absolute Gasteiger partial charge is 0.410 e. The molecule has 1 saturated heterocycles. The molecule has 5 atom stereocenters. The van der Waals surface area contributed by atoms with Gasteiger partial charge in [0, 0.05) is 26.1 Å². The van der Waals surface area contributed by atoms with Gasteiger partial charge < -0.3 is 35.1 Å². The van der Waals surface area contributed by atoms with E-state index in [0.29, 0.717) is 6.47 Å². The molecule has 2 aliphatic carbocycles. The van der Waals surface area contributed by atoms with Crippen LogP contribution < -0.4 is 16.0 Å². The average molecular weight is 728 g/mol. The Morgan fingerprint density at radius 2 is 1.71 bits per heavy atom. The van der Waals surface area contributed by atoms with E-state index < -0.39 is 41.8 Å². The molecule has 0 unspecified atom stereocenters. The Morgan fingerprint density at radius 1 is 0.981 bits per heavy atom. The Morgan fingerprint density at radius 3 is 2.42 bits per heavy atom. The number of nitrogens with one attached hydrogen (secondary N) is 3. The Hall–Kier alpha value is -4.20. The number of hydrogen-bond acceptors (Lipinski definition) is 9. The van der Waals surface area contributed by atoms with Gasteiger partial charge >= 0.3 is 6.09 Å². The molecule has 288 valence electrons. The van der Waals surface area contributed by atoms with Gasteiger partial charge in [-0.05, 0) is 83.3 Å². The number of aryl methyl sites for hydroxylation is 1. The molecule has 1 aliphatic heterocycles. The van der Waals surface area contributed by atoms with Crippen LogP contribution >= 0.6 is 0 Å². The van der Waals surface area contributed by atoms with Crippen molar-refractivity contribution < 1.29 is 43.0 Å². The molecule has 52 heavy (non-hydrogen) atoms. The highest BCUT2D eigenvalue weighted by molar-refractivity contribution is 5.94. The molecule has 1 aromatic carbocycles. The summed E-state index contributed by atoms with van der Waals surface area (Å²) in [4.78, 5) is 81.3. The second kappa shape index (κ2) is 19.0. The van der Waals surface area contributed by atoms with Gasteiger partial charge in [0.2, 0.25) is 23.6 Å². The van der Waals surface area contributed by atoms with Gasteiger partial charge in [-0.2, -0.15) is 0 Å². The highest BCUT2D eigenvalue weighted by Gasteiger charge is 2.45. The summed E-state index contributed by atoms with van der Waals surface area (Å²) in [5, 5.41) is 9.15. The van der Waals surface area contributed by atoms with Crippen molar-refractivity contribution in [2.24, 2.45) is 5.92 Å². The lowest BCUT2D eigenvalue weighted by atomic mass is 9.83. The zero-order valence-electron chi connectivity index (χ0n) is 31.3. The number of benzene rings is 1. The summed E-state index contributed by atoms with van der Waals surface area (Å²) in [6.07, 6.45) is 6.52. The molecule has 4 rings (SSSR count). The van der Waals surface area contributed by atoms with Crippen molar-refractivity contribution in [1.29, 1.82) is 0 Å². The highest BCUT2D eigenvalue weighted by atomic mass is 16.6. The largest absolute Gasteiger partial charge is 0.465 e. The molecule has 14 heteroatoms. The quantitative estimate of drug-likeness (QED) is 0.181. The lowest BCUT2D eigenvalue weighted by Gasteiger charge is -2.36. The maximum Gasteiger partial charge on any atom is 0.410 e. The van der Waals surface area contributed by atoms with Crippen LogP contribution in [0.15, 0.2) is 24.3 Å². The van der Waals surface area contributed by atoms with E-state index in [4.69, 9.17) is 9.47 Å². The normalized spacial score (nSPS) is 21.6. The first-order valence-corrected chi connectivity index (χ1v) is 18.7. The van der Waals surface area contributed by atoms with E-state index >= 15 is 0 Å².